The first-order chi connectivity index (χ1) is 17.7. The highest BCUT2D eigenvalue weighted by Gasteiger charge is 2.19. The maximum atomic E-state index is 12.0. The van der Waals surface area contributed by atoms with Gasteiger partial charge in [-0.1, -0.05) is 42.5 Å². The van der Waals surface area contributed by atoms with Gasteiger partial charge in [0.2, 0.25) is 0 Å². The van der Waals surface area contributed by atoms with Crippen molar-refractivity contribution in [3.8, 4) is 0 Å². The van der Waals surface area contributed by atoms with Crippen LogP contribution in [-0.2, 0) is 0 Å². The predicted molar refractivity (Wildman–Crippen MR) is 146 cm³/mol. The SMILES string of the molecule is CN(C)c1ccc(C(=NNc2ccc3ccccc3c2)c2ccc(N(C)C)c([NH+]([O-])O)c2)cc1[NH+]([O-])O. The largest absolute Gasteiger partial charge is 0.595 e. The third kappa shape index (κ3) is 5.70. The van der Waals surface area contributed by atoms with Crippen LogP contribution in [-0.4, -0.2) is 44.3 Å². The summed E-state index contributed by atoms with van der Waals surface area (Å²) in [4.78, 5) is 3.46. The van der Waals surface area contributed by atoms with Crippen molar-refractivity contribution in [3.05, 3.63) is 100 Å². The van der Waals surface area contributed by atoms with Gasteiger partial charge in [0.15, 0.2) is 11.4 Å². The summed E-state index contributed by atoms with van der Waals surface area (Å²) in [5, 5.41) is 48.4. The fourth-order valence-corrected chi connectivity index (χ4v) is 4.16. The molecule has 2 unspecified atom stereocenters. The summed E-state index contributed by atoms with van der Waals surface area (Å²) in [5.74, 6) is 0. The zero-order valence-corrected chi connectivity index (χ0v) is 21.1. The molecular weight excluding hydrogens is 472 g/mol. The second-order valence-electron chi connectivity index (χ2n) is 9.00. The number of hydrogen-bond donors (Lipinski definition) is 5. The maximum Gasteiger partial charge on any atom is 0.188 e. The molecule has 10 heteroatoms. The van der Waals surface area contributed by atoms with Crippen LogP contribution >= 0.6 is 0 Å². The molecule has 5 N–H and O–H groups in total. The van der Waals surface area contributed by atoms with E-state index in [1.165, 1.54) is 0 Å². The Labute approximate surface area is 214 Å². The molecule has 0 saturated carbocycles. The van der Waals surface area contributed by atoms with Gasteiger partial charge in [-0.2, -0.15) is 15.6 Å². The molecule has 0 aromatic heterocycles. The molecule has 0 heterocycles. The Morgan fingerprint density at radius 1 is 0.703 bits per heavy atom. The third-order valence-corrected chi connectivity index (χ3v) is 6.01. The summed E-state index contributed by atoms with van der Waals surface area (Å²) < 4.78 is 0. The fraction of sp³-hybridized carbons (Fsp3) is 0.148. The van der Waals surface area contributed by atoms with Gasteiger partial charge in [0.25, 0.3) is 0 Å². The normalized spacial score (nSPS) is 12.6. The monoisotopic (exact) mass is 502 g/mol. The van der Waals surface area contributed by atoms with Crippen molar-refractivity contribution < 1.29 is 20.9 Å². The number of benzene rings is 4. The minimum atomic E-state index is -1.07. The van der Waals surface area contributed by atoms with Gasteiger partial charge in [-0.3, -0.25) is 5.43 Å². The Balaban J connectivity index is 1.86. The number of hydrazone groups is 1. The summed E-state index contributed by atoms with van der Waals surface area (Å²) >= 11 is 0. The van der Waals surface area contributed by atoms with E-state index in [0.29, 0.717) is 28.2 Å². The van der Waals surface area contributed by atoms with E-state index in [1.807, 2.05) is 42.5 Å². The third-order valence-electron chi connectivity index (χ3n) is 6.01. The first-order valence-corrected chi connectivity index (χ1v) is 11.6. The van der Waals surface area contributed by atoms with Gasteiger partial charge in [-0.25, -0.2) is 10.4 Å². The number of nitrogens with zero attached hydrogens (tertiary/aromatic N) is 3. The predicted octanol–water partition coefficient (Wildman–Crippen LogP) is 2.64. The minimum Gasteiger partial charge on any atom is -0.595 e. The Kier molecular flexibility index (Phi) is 7.69. The van der Waals surface area contributed by atoms with Gasteiger partial charge < -0.3 is 20.2 Å². The van der Waals surface area contributed by atoms with E-state index in [4.69, 9.17) is 0 Å². The Morgan fingerprint density at radius 3 is 1.70 bits per heavy atom. The second-order valence-corrected chi connectivity index (χ2v) is 9.00. The topological polar surface area (TPSA) is 126 Å². The standard InChI is InChI=1S/C27H30N6O4/c1-30(2)23-13-10-20(16-25(23)32(34)35)27(21-11-14-24(31(3)4)26(17-21)33(36)37)29-28-22-12-9-18-7-5-6-8-19(18)15-22/h5-17,28,32-34,36H,1-4H3. The van der Waals surface area contributed by atoms with Crippen molar-refractivity contribution in [2.75, 3.05) is 43.4 Å². The molecule has 4 aromatic carbocycles. The van der Waals surface area contributed by atoms with E-state index in [0.717, 1.165) is 16.5 Å². The molecule has 2 atom stereocenters. The minimum absolute atomic E-state index is 0.115. The van der Waals surface area contributed by atoms with Crippen LogP contribution in [0, 0.1) is 10.4 Å². The fourth-order valence-electron chi connectivity index (χ4n) is 4.16. The molecule has 0 aliphatic heterocycles. The lowest BCUT2D eigenvalue weighted by molar-refractivity contribution is -0.990. The molecule has 37 heavy (non-hydrogen) atoms. The van der Waals surface area contributed by atoms with Crippen LogP contribution in [0.25, 0.3) is 10.8 Å². The van der Waals surface area contributed by atoms with Gasteiger partial charge in [0.05, 0.1) is 11.4 Å². The lowest BCUT2D eigenvalue weighted by Crippen LogP contribution is -2.99. The molecule has 4 aromatic rings. The summed E-state index contributed by atoms with van der Waals surface area (Å²) in [6.45, 7) is 0. The van der Waals surface area contributed by atoms with Crippen molar-refractivity contribution in [3.63, 3.8) is 0 Å². The summed E-state index contributed by atoms with van der Waals surface area (Å²) in [6, 6.07) is 23.9. The van der Waals surface area contributed by atoms with Crippen molar-refractivity contribution >= 4 is 44.9 Å². The molecule has 0 saturated heterocycles. The molecule has 0 aliphatic carbocycles. The summed E-state index contributed by atoms with van der Waals surface area (Å²) in [5.41, 5.74) is 6.62. The van der Waals surface area contributed by atoms with E-state index in [2.05, 4.69) is 10.5 Å². The van der Waals surface area contributed by atoms with Gasteiger partial charge in [0.1, 0.15) is 11.4 Å². The quantitative estimate of drug-likeness (QED) is 0.185. The summed E-state index contributed by atoms with van der Waals surface area (Å²) in [6.07, 6.45) is 0. The molecule has 192 valence electrons. The van der Waals surface area contributed by atoms with Crippen molar-refractivity contribution in [2.45, 2.75) is 0 Å². The number of hydrogen-bond acceptors (Lipinski definition) is 8. The lowest BCUT2D eigenvalue weighted by atomic mass is 10.00. The van der Waals surface area contributed by atoms with Crippen LogP contribution in [0.4, 0.5) is 28.4 Å². The summed E-state index contributed by atoms with van der Waals surface area (Å²) in [7, 11) is 7.10. The number of quaternary nitrogens is 2. The highest BCUT2D eigenvalue weighted by Crippen LogP contribution is 2.28. The molecule has 0 radical (unpaired) electrons. The molecule has 0 bridgehead atoms. The highest BCUT2D eigenvalue weighted by molar-refractivity contribution is 6.14. The average Bonchev–Trinajstić information content (AvgIpc) is 2.88. The van der Waals surface area contributed by atoms with Crippen LogP contribution < -0.4 is 25.7 Å². The first kappa shape index (κ1) is 26.0. The van der Waals surface area contributed by atoms with Crippen LogP contribution in [0.5, 0.6) is 0 Å². The van der Waals surface area contributed by atoms with Crippen LogP contribution in [0.1, 0.15) is 11.1 Å². The van der Waals surface area contributed by atoms with Gasteiger partial charge in [-0.05, 0) is 35.0 Å². The number of anilines is 3. The van der Waals surface area contributed by atoms with Crippen molar-refractivity contribution in [2.24, 2.45) is 5.10 Å². The zero-order chi connectivity index (χ0) is 26.7. The Hall–Kier alpha value is -4.03. The van der Waals surface area contributed by atoms with Crippen molar-refractivity contribution in [1.29, 1.82) is 0 Å². The van der Waals surface area contributed by atoms with E-state index < -0.39 is 10.5 Å². The first-order valence-electron chi connectivity index (χ1n) is 11.6. The average molecular weight is 503 g/mol. The number of fused-ring (bicyclic) bond motifs is 1. The molecular formula is C27H30N6O4. The molecule has 4 rings (SSSR count). The van der Waals surface area contributed by atoms with Gasteiger partial charge in [-0.15, -0.1) is 0 Å². The maximum absolute atomic E-state index is 12.0. The van der Waals surface area contributed by atoms with Crippen LogP contribution in [0.2, 0.25) is 0 Å². The Morgan fingerprint density at radius 2 is 1.22 bits per heavy atom. The van der Waals surface area contributed by atoms with Crippen LogP contribution in [0.3, 0.4) is 0 Å². The second kappa shape index (κ2) is 10.9. The van der Waals surface area contributed by atoms with Gasteiger partial charge in [0, 0.05) is 51.5 Å². The molecule has 10 nitrogen and oxygen atoms in total. The number of nitrogens with one attached hydrogen (secondary N) is 3. The zero-order valence-electron chi connectivity index (χ0n) is 21.1. The highest BCUT2D eigenvalue weighted by atomic mass is 16.8. The smallest absolute Gasteiger partial charge is 0.188 e. The van der Waals surface area contributed by atoms with Crippen molar-refractivity contribution in [1.82, 2.24) is 0 Å². The molecule has 0 spiro atoms. The van der Waals surface area contributed by atoms with Crippen LogP contribution in [0.15, 0.2) is 84.0 Å². The van der Waals surface area contributed by atoms with E-state index >= 15 is 0 Å². The molecule has 0 aliphatic rings. The molecule has 0 amide bonds. The lowest BCUT2D eigenvalue weighted by Gasteiger charge is -2.23. The van der Waals surface area contributed by atoms with Gasteiger partial charge >= 0.3 is 0 Å². The molecule has 0 fully saturated rings. The van der Waals surface area contributed by atoms with E-state index in [9.17, 15) is 20.8 Å². The van der Waals surface area contributed by atoms with E-state index in [1.54, 1.807) is 74.4 Å². The number of rotatable bonds is 8. The Bertz CT molecular complexity index is 1370. The van der Waals surface area contributed by atoms with E-state index in [-0.39, 0.29) is 11.4 Å².